The van der Waals surface area contributed by atoms with Crippen LogP contribution in [0.5, 0.6) is 5.75 Å². The summed E-state index contributed by atoms with van der Waals surface area (Å²) in [6, 6.07) is 9.54. The third kappa shape index (κ3) is 1.93. The van der Waals surface area contributed by atoms with Crippen LogP contribution in [0.2, 0.25) is 0 Å². The number of rotatable bonds is 2. The fraction of sp³-hybridized carbons (Fsp3) is 0.625. The molecule has 0 amide bonds. The molecule has 1 aromatic rings. The maximum absolute atomic E-state index is 5.39. The van der Waals surface area contributed by atoms with Gasteiger partial charge in [-0.25, -0.2) is 0 Å². The number of fused-ring (bicyclic) bond motifs is 2. The molecule has 2 heteroatoms. The molecule has 0 spiro atoms. The van der Waals surface area contributed by atoms with Crippen molar-refractivity contribution in [2.24, 2.45) is 0 Å². The first-order valence-electron chi connectivity index (χ1n) is 7.08. The molecule has 0 aromatic heterocycles. The van der Waals surface area contributed by atoms with Crippen LogP contribution in [0, 0.1) is 0 Å². The van der Waals surface area contributed by atoms with Crippen molar-refractivity contribution in [3.8, 4) is 5.75 Å². The number of hydrogen-bond donors (Lipinski definition) is 0. The first kappa shape index (κ1) is 12.0. The molecule has 1 saturated carbocycles. The van der Waals surface area contributed by atoms with Gasteiger partial charge in [-0.3, -0.25) is 0 Å². The molecule has 1 saturated heterocycles. The van der Waals surface area contributed by atoms with E-state index in [1.54, 1.807) is 7.11 Å². The Kier molecular flexibility index (Phi) is 3.06. The van der Waals surface area contributed by atoms with Gasteiger partial charge in [0.05, 0.1) is 7.11 Å². The molecule has 1 heterocycles. The lowest BCUT2D eigenvalue weighted by Gasteiger charge is -2.29. The highest BCUT2D eigenvalue weighted by molar-refractivity contribution is 5.35. The van der Waals surface area contributed by atoms with Crippen molar-refractivity contribution >= 4 is 0 Å². The summed E-state index contributed by atoms with van der Waals surface area (Å²) in [6.07, 6.45) is 6.69. The molecule has 2 fully saturated rings. The molecule has 2 nitrogen and oxygen atoms in total. The second-order valence-electron chi connectivity index (χ2n) is 5.99. The van der Waals surface area contributed by atoms with E-state index in [-0.39, 0.29) is 0 Å². The van der Waals surface area contributed by atoms with Crippen molar-refractivity contribution in [1.82, 2.24) is 4.90 Å². The molecule has 1 aliphatic heterocycles. The van der Waals surface area contributed by atoms with E-state index in [1.807, 2.05) is 0 Å². The Bertz CT molecular complexity index is 431. The van der Waals surface area contributed by atoms with Crippen LogP contribution in [-0.2, 0) is 5.41 Å². The zero-order chi connectivity index (χ0) is 12.6. The van der Waals surface area contributed by atoms with Crippen molar-refractivity contribution in [3.05, 3.63) is 29.8 Å². The van der Waals surface area contributed by atoms with E-state index < -0.39 is 0 Å². The van der Waals surface area contributed by atoms with Crippen LogP contribution in [0.15, 0.2) is 24.3 Å². The lowest BCUT2D eigenvalue weighted by atomic mass is 9.75. The molecule has 2 atom stereocenters. The van der Waals surface area contributed by atoms with E-state index in [4.69, 9.17) is 4.74 Å². The highest BCUT2D eigenvalue weighted by atomic mass is 16.5. The normalized spacial score (nSPS) is 32.2. The Hall–Kier alpha value is -1.02. The molecule has 18 heavy (non-hydrogen) atoms. The van der Waals surface area contributed by atoms with Crippen LogP contribution in [-0.4, -0.2) is 31.6 Å². The minimum absolute atomic E-state index is 0.421. The monoisotopic (exact) mass is 245 g/mol. The van der Waals surface area contributed by atoms with Gasteiger partial charge in [-0.2, -0.15) is 0 Å². The van der Waals surface area contributed by atoms with Gasteiger partial charge < -0.3 is 9.64 Å². The molecule has 1 aromatic carbocycles. The van der Waals surface area contributed by atoms with Gasteiger partial charge in [0.25, 0.3) is 0 Å². The zero-order valence-corrected chi connectivity index (χ0v) is 11.5. The average molecular weight is 245 g/mol. The van der Waals surface area contributed by atoms with Crippen LogP contribution < -0.4 is 4.74 Å². The first-order valence-corrected chi connectivity index (χ1v) is 7.08. The van der Waals surface area contributed by atoms with Gasteiger partial charge in [0, 0.05) is 6.04 Å². The van der Waals surface area contributed by atoms with Crippen molar-refractivity contribution in [2.75, 3.05) is 20.7 Å². The standard InChI is InChI=1S/C16H23NO/c1-17-10-4-8-16(9-7-14(17)12-16)13-5-3-6-15(11-13)18-2/h3,5-6,11,14H,4,7-10,12H2,1-2H3. The summed E-state index contributed by atoms with van der Waals surface area (Å²) in [6.45, 7) is 1.26. The minimum atomic E-state index is 0.421. The number of hydrogen-bond acceptors (Lipinski definition) is 2. The molecule has 2 aliphatic rings. The molecule has 0 radical (unpaired) electrons. The topological polar surface area (TPSA) is 12.5 Å². The number of nitrogens with zero attached hydrogens (tertiary/aromatic N) is 1. The highest BCUT2D eigenvalue weighted by Crippen LogP contribution is 2.48. The van der Waals surface area contributed by atoms with Crippen LogP contribution >= 0.6 is 0 Å². The Labute approximate surface area is 110 Å². The SMILES string of the molecule is COc1cccc(C23CCCN(C)C(CC2)C3)c1. The largest absolute Gasteiger partial charge is 0.497 e. The molecular formula is C16H23NO. The summed E-state index contributed by atoms with van der Waals surface area (Å²) >= 11 is 0. The zero-order valence-electron chi connectivity index (χ0n) is 11.5. The molecule has 2 unspecified atom stereocenters. The summed E-state index contributed by atoms with van der Waals surface area (Å²) in [4.78, 5) is 2.56. The van der Waals surface area contributed by atoms with E-state index in [2.05, 4.69) is 36.2 Å². The van der Waals surface area contributed by atoms with Crippen molar-refractivity contribution < 1.29 is 4.74 Å². The minimum Gasteiger partial charge on any atom is -0.497 e. The van der Waals surface area contributed by atoms with Gasteiger partial charge in [-0.05, 0) is 68.8 Å². The molecule has 0 N–H and O–H groups in total. The van der Waals surface area contributed by atoms with Crippen LogP contribution in [0.3, 0.4) is 0 Å². The predicted molar refractivity (Wildman–Crippen MR) is 74.2 cm³/mol. The second-order valence-corrected chi connectivity index (χ2v) is 5.99. The van der Waals surface area contributed by atoms with E-state index in [0.29, 0.717) is 5.41 Å². The summed E-state index contributed by atoms with van der Waals surface area (Å²) in [5.74, 6) is 1.00. The van der Waals surface area contributed by atoms with Crippen molar-refractivity contribution in [1.29, 1.82) is 0 Å². The lowest BCUT2D eigenvalue weighted by Crippen LogP contribution is -2.29. The molecular weight excluding hydrogens is 222 g/mol. The number of methoxy groups -OCH3 is 1. The molecule has 1 aliphatic carbocycles. The van der Waals surface area contributed by atoms with Crippen LogP contribution in [0.25, 0.3) is 0 Å². The third-order valence-electron chi connectivity index (χ3n) is 5.05. The maximum Gasteiger partial charge on any atom is 0.119 e. The van der Waals surface area contributed by atoms with Gasteiger partial charge in [0.2, 0.25) is 0 Å². The van der Waals surface area contributed by atoms with Crippen LogP contribution in [0.1, 0.15) is 37.7 Å². The molecule has 98 valence electrons. The Morgan fingerprint density at radius 3 is 3.06 bits per heavy atom. The molecule has 3 rings (SSSR count). The summed E-state index contributed by atoms with van der Waals surface area (Å²) in [5.41, 5.74) is 1.92. The lowest BCUT2D eigenvalue weighted by molar-refractivity contribution is 0.252. The first-order chi connectivity index (χ1) is 8.73. The number of ether oxygens (including phenoxy) is 1. The predicted octanol–water partition coefficient (Wildman–Crippen LogP) is 3.21. The van der Waals surface area contributed by atoms with E-state index in [0.717, 1.165) is 11.8 Å². The van der Waals surface area contributed by atoms with Gasteiger partial charge in [0.15, 0.2) is 0 Å². The van der Waals surface area contributed by atoms with E-state index in [9.17, 15) is 0 Å². The Morgan fingerprint density at radius 2 is 2.22 bits per heavy atom. The number of likely N-dealkylation sites (tertiary alicyclic amines) is 1. The van der Waals surface area contributed by atoms with Gasteiger partial charge >= 0.3 is 0 Å². The van der Waals surface area contributed by atoms with Gasteiger partial charge in [0.1, 0.15) is 5.75 Å². The number of benzene rings is 1. The van der Waals surface area contributed by atoms with Gasteiger partial charge in [-0.1, -0.05) is 12.1 Å². The van der Waals surface area contributed by atoms with Crippen molar-refractivity contribution in [2.45, 2.75) is 43.6 Å². The fourth-order valence-corrected chi connectivity index (χ4v) is 3.91. The van der Waals surface area contributed by atoms with E-state index >= 15 is 0 Å². The third-order valence-corrected chi connectivity index (χ3v) is 5.05. The Morgan fingerprint density at radius 1 is 1.33 bits per heavy atom. The summed E-state index contributed by atoms with van der Waals surface area (Å²) < 4.78 is 5.39. The summed E-state index contributed by atoms with van der Waals surface area (Å²) in [7, 11) is 4.05. The second kappa shape index (κ2) is 4.58. The average Bonchev–Trinajstić information content (AvgIpc) is 2.76. The molecule has 2 bridgehead atoms. The smallest absolute Gasteiger partial charge is 0.119 e. The maximum atomic E-state index is 5.39. The van der Waals surface area contributed by atoms with Crippen molar-refractivity contribution in [3.63, 3.8) is 0 Å². The van der Waals surface area contributed by atoms with E-state index in [1.165, 1.54) is 44.2 Å². The highest BCUT2D eigenvalue weighted by Gasteiger charge is 2.43. The van der Waals surface area contributed by atoms with Gasteiger partial charge in [-0.15, -0.1) is 0 Å². The fourth-order valence-electron chi connectivity index (χ4n) is 3.91. The van der Waals surface area contributed by atoms with Crippen LogP contribution in [0.4, 0.5) is 0 Å². The summed E-state index contributed by atoms with van der Waals surface area (Å²) in [5, 5.41) is 0. The Balaban J connectivity index is 1.94. The quantitative estimate of drug-likeness (QED) is 0.793.